The normalized spacial score (nSPS) is 22.2. The lowest BCUT2D eigenvalue weighted by Gasteiger charge is -2.36. The summed E-state index contributed by atoms with van der Waals surface area (Å²) in [7, 11) is 0. The Balaban J connectivity index is 1.37. The summed E-state index contributed by atoms with van der Waals surface area (Å²) in [4.78, 5) is 48.0. The number of amides is 4. The highest BCUT2D eigenvalue weighted by Gasteiger charge is 2.36. The summed E-state index contributed by atoms with van der Waals surface area (Å²) in [6, 6.07) is 11.7. The molecule has 3 N–H and O–H groups in total. The Hall–Kier alpha value is -3.79. The van der Waals surface area contributed by atoms with E-state index >= 15 is 0 Å². The third-order valence-corrected chi connectivity index (χ3v) is 8.31. The molecular weight excluding hydrogens is 523 g/mol. The number of benzene rings is 2. The van der Waals surface area contributed by atoms with E-state index in [1.807, 2.05) is 13.8 Å². The third kappa shape index (κ3) is 6.75. The maximum atomic E-state index is 13.4. The summed E-state index contributed by atoms with van der Waals surface area (Å²) in [6.45, 7) is 7.43. The van der Waals surface area contributed by atoms with Crippen molar-refractivity contribution in [3.05, 3.63) is 65.0 Å². The first-order valence-corrected chi connectivity index (χ1v) is 14.5. The molecule has 2 aliphatic heterocycles. The number of primary amides is 1. The number of carbonyl (C=O) groups excluding carboxylic acids is 3. The average molecular weight is 563 g/mol. The van der Waals surface area contributed by atoms with Crippen LogP contribution in [0.25, 0.3) is 0 Å². The minimum Gasteiger partial charge on any atom is -0.354 e. The van der Waals surface area contributed by atoms with Crippen molar-refractivity contribution >= 4 is 29.4 Å². The predicted molar refractivity (Wildman–Crippen MR) is 156 cm³/mol. The topological polar surface area (TPSA) is 111 Å². The molecule has 4 amide bonds. The Morgan fingerprint density at radius 1 is 1.00 bits per heavy atom. The van der Waals surface area contributed by atoms with Crippen LogP contribution in [0.2, 0.25) is 0 Å². The number of amidine groups is 1. The number of carbonyl (C=O) groups is 3. The van der Waals surface area contributed by atoms with Crippen molar-refractivity contribution < 1.29 is 18.8 Å². The second kappa shape index (κ2) is 12.4. The second-order valence-corrected chi connectivity index (χ2v) is 11.6. The highest BCUT2D eigenvalue weighted by molar-refractivity contribution is 6.12. The molecule has 1 saturated carbocycles. The number of anilines is 1. The van der Waals surface area contributed by atoms with Crippen LogP contribution in [0.4, 0.5) is 14.9 Å². The SMILES string of the molecule is CC(C)NC(=O)C1CCC(N2C(=NC(=O)c3ccc(F)cc3)Cc3ccc(CN4CCN(C(N)=O)CC4)cc32)CC1. The zero-order chi connectivity index (χ0) is 29.1. The van der Waals surface area contributed by atoms with Crippen molar-refractivity contribution in [1.82, 2.24) is 15.1 Å². The maximum Gasteiger partial charge on any atom is 0.314 e. The number of urea groups is 1. The highest BCUT2D eigenvalue weighted by atomic mass is 19.1. The van der Waals surface area contributed by atoms with Crippen LogP contribution in [0.3, 0.4) is 0 Å². The average Bonchev–Trinajstić information content (AvgIpc) is 3.30. The number of fused-ring (bicyclic) bond motifs is 1. The van der Waals surface area contributed by atoms with E-state index in [1.54, 1.807) is 4.90 Å². The molecule has 9 nitrogen and oxygen atoms in total. The fourth-order valence-electron chi connectivity index (χ4n) is 6.13. The number of hydrogen-bond donors (Lipinski definition) is 2. The number of piperazine rings is 1. The van der Waals surface area contributed by atoms with Gasteiger partial charge < -0.3 is 20.9 Å². The van der Waals surface area contributed by atoms with Crippen LogP contribution in [-0.2, 0) is 17.8 Å². The first kappa shape index (κ1) is 28.7. The third-order valence-electron chi connectivity index (χ3n) is 8.31. The van der Waals surface area contributed by atoms with Gasteiger partial charge in [-0.1, -0.05) is 12.1 Å². The van der Waals surface area contributed by atoms with Gasteiger partial charge in [-0.3, -0.25) is 14.5 Å². The molecule has 1 aliphatic carbocycles. The van der Waals surface area contributed by atoms with E-state index in [0.717, 1.165) is 62.1 Å². The summed E-state index contributed by atoms with van der Waals surface area (Å²) in [5.41, 5.74) is 9.10. The summed E-state index contributed by atoms with van der Waals surface area (Å²) in [5, 5.41) is 3.04. The van der Waals surface area contributed by atoms with Gasteiger partial charge in [0.2, 0.25) is 5.91 Å². The number of rotatable bonds is 6. The predicted octanol–water partition coefficient (Wildman–Crippen LogP) is 3.71. The molecule has 10 heteroatoms. The summed E-state index contributed by atoms with van der Waals surface area (Å²) in [6.07, 6.45) is 3.72. The Labute approximate surface area is 240 Å². The van der Waals surface area contributed by atoms with Crippen LogP contribution in [0, 0.1) is 11.7 Å². The van der Waals surface area contributed by atoms with E-state index in [1.165, 1.54) is 24.3 Å². The minimum atomic E-state index is -0.397. The molecule has 2 aromatic rings. The molecule has 0 spiro atoms. The molecule has 5 rings (SSSR count). The van der Waals surface area contributed by atoms with Gasteiger partial charge in [0.25, 0.3) is 5.91 Å². The number of aliphatic imine (C=N–C) groups is 1. The molecule has 3 aliphatic rings. The van der Waals surface area contributed by atoms with Gasteiger partial charge in [-0.15, -0.1) is 0 Å². The van der Waals surface area contributed by atoms with Crippen LogP contribution < -0.4 is 16.0 Å². The van der Waals surface area contributed by atoms with Gasteiger partial charge in [0, 0.05) is 68.4 Å². The van der Waals surface area contributed by atoms with Gasteiger partial charge >= 0.3 is 6.03 Å². The van der Waals surface area contributed by atoms with E-state index in [-0.39, 0.29) is 29.9 Å². The molecule has 2 aromatic carbocycles. The van der Waals surface area contributed by atoms with E-state index in [9.17, 15) is 18.8 Å². The first-order valence-electron chi connectivity index (χ1n) is 14.5. The summed E-state index contributed by atoms with van der Waals surface area (Å²) >= 11 is 0. The molecule has 0 aromatic heterocycles. The number of nitrogens with zero attached hydrogens (tertiary/aromatic N) is 4. The van der Waals surface area contributed by atoms with E-state index in [4.69, 9.17) is 5.73 Å². The first-order chi connectivity index (χ1) is 19.7. The van der Waals surface area contributed by atoms with Crippen LogP contribution >= 0.6 is 0 Å². The van der Waals surface area contributed by atoms with E-state index in [2.05, 4.69) is 38.3 Å². The standard InChI is InChI=1S/C31H39FN6O3/c1-20(2)34-29(39)23-7-11-26(12-8-23)38-27-17-21(19-36-13-15-37(16-14-36)31(33)41)3-4-24(27)18-28(38)35-30(40)22-5-9-25(32)10-6-22/h3-6,9-10,17,20,23,26H,7-8,11-16,18-19H2,1-2H3,(H2,33,41)(H,34,39). The fourth-order valence-corrected chi connectivity index (χ4v) is 6.13. The zero-order valence-corrected chi connectivity index (χ0v) is 23.8. The lowest BCUT2D eigenvalue weighted by molar-refractivity contribution is -0.126. The molecule has 41 heavy (non-hydrogen) atoms. The lowest BCUT2D eigenvalue weighted by Crippen LogP contribution is -2.50. The summed E-state index contributed by atoms with van der Waals surface area (Å²) in [5.74, 6) is -0.000329. The number of hydrogen-bond acceptors (Lipinski definition) is 4. The van der Waals surface area contributed by atoms with Gasteiger partial charge in [-0.25, -0.2) is 9.18 Å². The molecule has 2 fully saturated rings. The number of halogens is 1. The van der Waals surface area contributed by atoms with E-state index in [0.29, 0.717) is 30.9 Å². The second-order valence-electron chi connectivity index (χ2n) is 11.6. The van der Waals surface area contributed by atoms with Crippen molar-refractivity contribution in [2.45, 2.75) is 64.6 Å². The van der Waals surface area contributed by atoms with E-state index < -0.39 is 11.7 Å². The molecule has 0 unspecified atom stereocenters. The number of nitrogens with two attached hydrogens (primary N) is 1. The fraction of sp³-hybridized carbons (Fsp3) is 0.484. The monoisotopic (exact) mass is 562 g/mol. The van der Waals surface area contributed by atoms with Crippen molar-refractivity contribution in [1.29, 1.82) is 0 Å². The Kier molecular flexibility index (Phi) is 8.68. The molecular formula is C31H39FN6O3. The Bertz CT molecular complexity index is 1310. The summed E-state index contributed by atoms with van der Waals surface area (Å²) < 4.78 is 13.4. The minimum absolute atomic E-state index is 0.0117. The Morgan fingerprint density at radius 3 is 2.32 bits per heavy atom. The quantitative estimate of drug-likeness (QED) is 0.558. The lowest BCUT2D eigenvalue weighted by atomic mass is 9.84. The molecule has 0 atom stereocenters. The molecule has 0 bridgehead atoms. The van der Waals surface area contributed by atoms with Crippen LogP contribution in [0.5, 0.6) is 0 Å². The molecule has 1 saturated heterocycles. The molecule has 0 radical (unpaired) electrons. The maximum absolute atomic E-state index is 13.4. The Morgan fingerprint density at radius 2 is 1.68 bits per heavy atom. The molecule has 2 heterocycles. The van der Waals surface area contributed by atoms with Gasteiger partial charge in [-0.2, -0.15) is 4.99 Å². The highest BCUT2D eigenvalue weighted by Crippen LogP contribution is 2.38. The van der Waals surface area contributed by atoms with Crippen molar-refractivity contribution in [2.75, 3.05) is 31.1 Å². The van der Waals surface area contributed by atoms with Crippen LogP contribution in [0.15, 0.2) is 47.5 Å². The van der Waals surface area contributed by atoms with Gasteiger partial charge in [-0.05, 0) is 81.0 Å². The zero-order valence-electron chi connectivity index (χ0n) is 23.8. The van der Waals surface area contributed by atoms with Crippen LogP contribution in [0.1, 0.15) is 61.0 Å². The van der Waals surface area contributed by atoms with Gasteiger partial charge in [0.15, 0.2) is 0 Å². The van der Waals surface area contributed by atoms with Gasteiger partial charge in [0.1, 0.15) is 11.7 Å². The van der Waals surface area contributed by atoms with Crippen molar-refractivity contribution in [3.8, 4) is 0 Å². The van der Waals surface area contributed by atoms with Crippen molar-refractivity contribution in [2.24, 2.45) is 16.6 Å². The number of nitrogens with one attached hydrogen (secondary N) is 1. The van der Waals surface area contributed by atoms with Gasteiger partial charge in [0.05, 0.1) is 0 Å². The largest absolute Gasteiger partial charge is 0.354 e. The smallest absolute Gasteiger partial charge is 0.314 e. The molecule has 218 valence electrons. The van der Waals surface area contributed by atoms with Crippen molar-refractivity contribution in [3.63, 3.8) is 0 Å². The van der Waals surface area contributed by atoms with Crippen LogP contribution in [-0.4, -0.2) is 71.7 Å².